The van der Waals surface area contributed by atoms with Crippen molar-refractivity contribution in [1.29, 1.82) is 0 Å². The first-order valence-electron chi connectivity index (χ1n) is 12.2. The van der Waals surface area contributed by atoms with Crippen LogP contribution in [0.1, 0.15) is 56.0 Å². The van der Waals surface area contributed by atoms with Gasteiger partial charge >= 0.3 is 5.97 Å². The lowest BCUT2D eigenvalue weighted by Gasteiger charge is -2.30. The van der Waals surface area contributed by atoms with Crippen molar-refractivity contribution in [2.24, 2.45) is 0 Å². The molecule has 0 saturated carbocycles. The molecule has 0 amide bonds. The van der Waals surface area contributed by atoms with Gasteiger partial charge in [-0.25, -0.2) is 4.79 Å². The van der Waals surface area contributed by atoms with Crippen LogP contribution in [0.2, 0.25) is 0 Å². The minimum absolute atomic E-state index is 0.0747. The summed E-state index contributed by atoms with van der Waals surface area (Å²) in [5, 5.41) is 0. The molecule has 2 aromatic rings. The molecule has 0 aliphatic carbocycles. The molecule has 0 aromatic heterocycles. The number of carbonyl (C=O) groups excluding carboxylic acids is 1. The lowest BCUT2D eigenvalue weighted by atomic mass is 9.87. The zero-order chi connectivity index (χ0) is 25.4. The maximum Gasteiger partial charge on any atom is 0.338 e. The Labute approximate surface area is 209 Å². The number of benzene rings is 2. The highest BCUT2D eigenvalue weighted by Crippen LogP contribution is 2.38. The van der Waals surface area contributed by atoms with Gasteiger partial charge in [-0.3, -0.25) is 4.90 Å². The van der Waals surface area contributed by atoms with Crippen molar-refractivity contribution in [2.45, 2.75) is 51.6 Å². The van der Waals surface area contributed by atoms with E-state index in [1.807, 2.05) is 12.1 Å². The fraction of sp³-hybridized carbons (Fsp3) is 0.536. The van der Waals surface area contributed by atoms with E-state index in [4.69, 9.17) is 23.7 Å². The molecule has 0 N–H and O–H groups in total. The predicted molar refractivity (Wildman–Crippen MR) is 136 cm³/mol. The van der Waals surface area contributed by atoms with Gasteiger partial charge in [0.05, 0.1) is 26.9 Å². The van der Waals surface area contributed by atoms with Gasteiger partial charge in [0.2, 0.25) is 5.75 Å². The van der Waals surface area contributed by atoms with E-state index in [0.717, 1.165) is 31.7 Å². The summed E-state index contributed by atoms with van der Waals surface area (Å²) < 4.78 is 28.2. The Balaban J connectivity index is 1.74. The number of nitrogens with zero attached hydrogens (tertiary/aromatic N) is 1. The van der Waals surface area contributed by atoms with Crippen LogP contribution in [0.5, 0.6) is 23.0 Å². The largest absolute Gasteiger partial charge is 0.493 e. The third kappa shape index (κ3) is 7.28. The van der Waals surface area contributed by atoms with E-state index < -0.39 is 12.1 Å². The second-order valence-electron chi connectivity index (χ2n) is 9.89. The molecular weight excluding hydrogens is 446 g/mol. The first-order chi connectivity index (χ1) is 16.7. The fourth-order valence-corrected chi connectivity index (χ4v) is 4.21. The van der Waals surface area contributed by atoms with E-state index in [-0.39, 0.29) is 12.0 Å². The molecule has 0 radical (unpaired) electrons. The van der Waals surface area contributed by atoms with Crippen LogP contribution < -0.4 is 18.9 Å². The van der Waals surface area contributed by atoms with E-state index in [1.165, 1.54) is 33.3 Å². The minimum Gasteiger partial charge on any atom is -0.493 e. The van der Waals surface area contributed by atoms with Crippen LogP contribution >= 0.6 is 0 Å². The Morgan fingerprint density at radius 3 is 2.03 bits per heavy atom. The van der Waals surface area contributed by atoms with Gasteiger partial charge in [-0.05, 0) is 61.2 Å². The van der Waals surface area contributed by atoms with Crippen LogP contribution in [0.4, 0.5) is 0 Å². The van der Waals surface area contributed by atoms with Crippen LogP contribution in [-0.4, -0.2) is 64.5 Å². The van der Waals surface area contributed by atoms with Crippen LogP contribution in [0.15, 0.2) is 36.4 Å². The Kier molecular flexibility index (Phi) is 9.26. The van der Waals surface area contributed by atoms with E-state index in [1.54, 1.807) is 12.1 Å². The number of rotatable bonds is 10. The van der Waals surface area contributed by atoms with Crippen LogP contribution in [-0.2, 0) is 10.2 Å². The summed E-state index contributed by atoms with van der Waals surface area (Å²) in [7, 11) is 4.56. The average molecular weight is 486 g/mol. The molecular formula is C28H39NO6. The molecule has 1 fully saturated rings. The van der Waals surface area contributed by atoms with Crippen molar-refractivity contribution < 1.29 is 28.5 Å². The van der Waals surface area contributed by atoms with Crippen molar-refractivity contribution in [2.75, 3.05) is 47.6 Å². The van der Waals surface area contributed by atoms with E-state index >= 15 is 0 Å². The first-order valence-corrected chi connectivity index (χ1v) is 12.2. The molecule has 3 rings (SSSR count). The van der Waals surface area contributed by atoms with Crippen molar-refractivity contribution >= 4 is 5.97 Å². The molecule has 35 heavy (non-hydrogen) atoms. The van der Waals surface area contributed by atoms with Crippen molar-refractivity contribution in [3.8, 4) is 23.0 Å². The number of esters is 1. The minimum atomic E-state index is -0.460. The summed E-state index contributed by atoms with van der Waals surface area (Å²) in [5.41, 5.74) is 1.65. The molecule has 7 nitrogen and oxygen atoms in total. The van der Waals surface area contributed by atoms with Crippen LogP contribution in [0.25, 0.3) is 0 Å². The predicted octanol–water partition coefficient (Wildman–Crippen LogP) is 5.10. The SMILES string of the molecule is COc1cc(C(=O)OC(COc2ccc(C(C)(C)C)cc2)CN2CCCCC2)cc(OC)c1OC. The molecule has 1 unspecified atom stereocenters. The average Bonchev–Trinajstić information content (AvgIpc) is 2.86. The highest BCUT2D eigenvalue weighted by atomic mass is 16.6. The fourth-order valence-electron chi connectivity index (χ4n) is 4.21. The quantitative estimate of drug-likeness (QED) is 0.434. The Bertz CT molecular complexity index is 935. The molecule has 1 aliphatic rings. The lowest BCUT2D eigenvalue weighted by molar-refractivity contribution is 0.00385. The number of piperidine rings is 1. The van der Waals surface area contributed by atoms with E-state index in [2.05, 4.69) is 37.8 Å². The van der Waals surface area contributed by atoms with E-state index in [9.17, 15) is 4.79 Å². The van der Waals surface area contributed by atoms with Gasteiger partial charge < -0.3 is 23.7 Å². The molecule has 1 saturated heterocycles. The van der Waals surface area contributed by atoms with Crippen LogP contribution in [0, 0.1) is 0 Å². The Morgan fingerprint density at radius 1 is 0.914 bits per heavy atom. The number of carbonyl (C=O) groups is 1. The van der Waals surface area contributed by atoms with Crippen LogP contribution in [0.3, 0.4) is 0 Å². The number of likely N-dealkylation sites (tertiary alicyclic amines) is 1. The van der Waals surface area contributed by atoms with Gasteiger partial charge in [-0.2, -0.15) is 0 Å². The summed E-state index contributed by atoms with van der Waals surface area (Å²) in [5.74, 6) is 1.53. The number of methoxy groups -OCH3 is 3. The molecule has 0 spiro atoms. The summed E-state index contributed by atoms with van der Waals surface area (Å²) in [6.07, 6.45) is 3.12. The van der Waals surface area contributed by atoms with Gasteiger partial charge in [-0.15, -0.1) is 0 Å². The molecule has 1 heterocycles. The maximum atomic E-state index is 13.2. The lowest BCUT2D eigenvalue weighted by Crippen LogP contribution is -2.41. The van der Waals surface area contributed by atoms with Gasteiger partial charge in [0.1, 0.15) is 18.5 Å². The second kappa shape index (κ2) is 12.2. The maximum absolute atomic E-state index is 13.2. The van der Waals surface area contributed by atoms with Gasteiger partial charge in [0, 0.05) is 6.54 Å². The normalized spacial score (nSPS) is 15.3. The molecule has 0 bridgehead atoms. The number of ether oxygens (including phenoxy) is 5. The molecule has 7 heteroatoms. The Hall–Kier alpha value is -2.93. The highest BCUT2D eigenvalue weighted by molar-refractivity contribution is 5.91. The standard InChI is InChI=1S/C28H39NO6/c1-28(2,3)21-10-12-22(13-11-21)34-19-23(18-29-14-8-7-9-15-29)35-27(30)20-16-24(31-4)26(33-6)25(17-20)32-5/h10-13,16-17,23H,7-9,14-15,18-19H2,1-6H3. The molecule has 1 atom stereocenters. The summed E-state index contributed by atoms with van der Waals surface area (Å²) in [6, 6.07) is 11.3. The summed E-state index contributed by atoms with van der Waals surface area (Å²) >= 11 is 0. The number of hydrogen-bond donors (Lipinski definition) is 0. The van der Waals surface area contributed by atoms with Crippen molar-refractivity contribution in [1.82, 2.24) is 4.90 Å². The zero-order valence-electron chi connectivity index (χ0n) is 21.9. The van der Waals surface area contributed by atoms with Gasteiger partial charge in [0.15, 0.2) is 11.5 Å². The van der Waals surface area contributed by atoms with E-state index in [0.29, 0.717) is 29.4 Å². The molecule has 1 aliphatic heterocycles. The third-order valence-corrected chi connectivity index (χ3v) is 6.24. The van der Waals surface area contributed by atoms with Gasteiger partial charge in [0.25, 0.3) is 0 Å². The van der Waals surface area contributed by atoms with Crippen molar-refractivity contribution in [3.63, 3.8) is 0 Å². The summed E-state index contributed by atoms with van der Waals surface area (Å²) in [6.45, 7) is 9.43. The highest BCUT2D eigenvalue weighted by Gasteiger charge is 2.24. The summed E-state index contributed by atoms with van der Waals surface area (Å²) in [4.78, 5) is 15.5. The monoisotopic (exact) mass is 485 g/mol. The van der Waals surface area contributed by atoms with Gasteiger partial charge in [-0.1, -0.05) is 39.3 Å². The Morgan fingerprint density at radius 2 is 1.51 bits per heavy atom. The smallest absolute Gasteiger partial charge is 0.338 e. The first kappa shape index (κ1) is 26.7. The molecule has 192 valence electrons. The molecule has 2 aromatic carbocycles. The number of hydrogen-bond acceptors (Lipinski definition) is 7. The topological polar surface area (TPSA) is 66.5 Å². The zero-order valence-corrected chi connectivity index (χ0v) is 21.9. The van der Waals surface area contributed by atoms with Crippen molar-refractivity contribution in [3.05, 3.63) is 47.5 Å². The third-order valence-electron chi connectivity index (χ3n) is 6.24. The second-order valence-corrected chi connectivity index (χ2v) is 9.89.